The molecule has 0 bridgehead atoms. The number of rotatable bonds is 4. The summed E-state index contributed by atoms with van der Waals surface area (Å²) < 4.78 is 10.1. The van der Waals surface area contributed by atoms with Gasteiger partial charge < -0.3 is 15.2 Å². The monoisotopic (exact) mass is 182 g/mol. The maximum Gasteiger partial charge on any atom is 0.256 e. The zero-order chi connectivity index (χ0) is 9.68. The van der Waals surface area contributed by atoms with Crippen molar-refractivity contribution in [1.82, 2.24) is 4.98 Å². The fourth-order valence-corrected chi connectivity index (χ4v) is 1.08. The number of hydrogen-bond acceptors (Lipinski definition) is 4. The van der Waals surface area contributed by atoms with Crippen molar-refractivity contribution in [3.63, 3.8) is 0 Å². The summed E-state index contributed by atoms with van der Waals surface area (Å²) in [4.78, 5) is 4.08. The first kappa shape index (κ1) is 9.80. The van der Waals surface area contributed by atoms with E-state index in [0.29, 0.717) is 18.2 Å². The Balaban J connectivity index is 2.91. The lowest BCUT2D eigenvalue weighted by Gasteiger charge is -2.07. The van der Waals surface area contributed by atoms with E-state index in [1.54, 1.807) is 20.4 Å². The minimum absolute atomic E-state index is 0.503. The smallest absolute Gasteiger partial charge is 0.256 e. The number of methoxy groups -OCH3 is 2. The van der Waals surface area contributed by atoms with Crippen LogP contribution in [0.3, 0.4) is 0 Å². The first-order valence-electron chi connectivity index (χ1n) is 4.08. The predicted octanol–water partition coefficient (Wildman–Crippen LogP) is 0.600. The van der Waals surface area contributed by atoms with Gasteiger partial charge in [-0.05, 0) is 24.6 Å². The van der Waals surface area contributed by atoms with Crippen LogP contribution < -0.4 is 15.2 Å². The summed E-state index contributed by atoms with van der Waals surface area (Å²) in [5.74, 6) is 1.15. The second-order valence-electron chi connectivity index (χ2n) is 2.59. The van der Waals surface area contributed by atoms with Crippen molar-refractivity contribution < 1.29 is 9.47 Å². The zero-order valence-corrected chi connectivity index (χ0v) is 7.91. The molecule has 0 saturated carbocycles. The highest BCUT2D eigenvalue weighted by Gasteiger charge is 2.04. The van der Waals surface area contributed by atoms with E-state index >= 15 is 0 Å². The lowest BCUT2D eigenvalue weighted by Crippen LogP contribution is -2.04. The highest BCUT2D eigenvalue weighted by molar-refractivity contribution is 5.36. The topological polar surface area (TPSA) is 57.4 Å². The van der Waals surface area contributed by atoms with E-state index in [-0.39, 0.29) is 0 Å². The molecule has 1 rings (SSSR count). The van der Waals surface area contributed by atoms with Crippen molar-refractivity contribution in [3.05, 3.63) is 17.8 Å². The molecule has 2 N–H and O–H groups in total. The summed E-state index contributed by atoms with van der Waals surface area (Å²) in [6, 6.07) is 1.89. The summed E-state index contributed by atoms with van der Waals surface area (Å²) in [6.07, 6.45) is 2.54. The highest BCUT2D eigenvalue weighted by atomic mass is 16.5. The van der Waals surface area contributed by atoms with Crippen molar-refractivity contribution >= 4 is 0 Å². The SMILES string of the molecule is COc1cc(CCN)cnc1OC. The third kappa shape index (κ3) is 2.32. The molecule has 13 heavy (non-hydrogen) atoms. The number of ether oxygens (including phenoxy) is 2. The molecule has 72 valence electrons. The third-order valence-electron chi connectivity index (χ3n) is 1.72. The van der Waals surface area contributed by atoms with Crippen LogP contribution in [0.5, 0.6) is 11.6 Å². The van der Waals surface area contributed by atoms with E-state index in [0.717, 1.165) is 12.0 Å². The Kier molecular flexibility index (Phi) is 3.52. The van der Waals surface area contributed by atoms with Gasteiger partial charge in [-0.3, -0.25) is 0 Å². The minimum Gasteiger partial charge on any atom is -0.491 e. The van der Waals surface area contributed by atoms with Crippen LogP contribution in [-0.4, -0.2) is 25.7 Å². The van der Waals surface area contributed by atoms with Crippen LogP contribution in [0, 0.1) is 0 Å². The quantitative estimate of drug-likeness (QED) is 0.740. The van der Waals surface area contributed by atoms with Gasteiger partial charge in [-0.15, -0.1) is 0 Å². The fraction of sp³-hybridized carbons (Fsp3) is 0.444. The molecule has 4 heteroatoms. The lowest BCUT2D eigenvalue weighted by molar-refractivity contribution is 0.342. The molecule has 0 atom stereocenters. The normalized spacial score (nSPS) is 9.77. The van der Waals surface area contributed by atoms with Gasteiger partial charge in [-0.1, -0.05) is 0 Å². The average Bonchev–Trinajstić information content (AvgIpc) is 2.18. The molecular formula is C9H14N2O2. The zero-order valence-electron chi connectivity index (χ0n) is 7.91. The molecule has 0 aliphatic carbocycles. The molecule has 4 nitrogen and oxygen atoms in total. The first-order valence-corrected chi connectivity index (χ1v) is 4.08. The Morgan fingerprint density at radius 2 is 2.15 bits per heavy atom. The Morgan fingerprint density at radius 3 is 2.69 bits per heavy atom. The van der Waals surface area contributed by atoms with Gasteiger partial charge >= 0.3 is 0 Å². The molecule has 0 saturated heterocycles. The summed E-state index contributed by atoms with van der Waals surface area (Å²) in [6.45, 7) is 0.608. The molecule has 0 radical (unpaired) electrons. The summed E-state index contributed by atoms with van der Waals surface area (Å²) >= 11 is 0. The molecule has 0 amide bonds. The minimum atomic E-state index is 0.503. The van der Waals surface area contributed by atoms with Crippen LogP contribution >= 0.6 is 0 Å². The predicted molar refractivity (Wildman–Crippen MR) is 50.1 cm³/mol. The van der Waals surface area contributed by atoms with Crippen LogP contribution in [-0.2, 0) is 6.42 Å². The van der Waals surface area contributed by atoms with E-state index in [9.17, 15) is 0 Å². The molecule has 1 aromatic heterocycles. The number of hydrogen-bond donors (Lipinski definition) is 1. The van der Waals surface area contributed by atoms with Crippen LogP contribution in [0.2, 0.25) is 0 Å². The van der Waals surface area contributed by atoms with E-state index in [2.05, 4.69) is 4.98 Å². The maximum atomic E-state index is 5.42. The van der Waals surface area contributed by atoms with Gasteiger partial charge in [0, 0.05) is 6.20 Å². The van der Waals surface area contributed by atoms with Crippen LogP contribution in [0.25, 0.3) is 0 Å². The average molecular weight is 182 g/mol. The van der Waals surface area contributed by atoms with E-state index in [1.807, 2.05) is 6.07 Å². The number of pyridine rings is 1. The van der Waals surface area contributed by atoms with Crippen LogP contribution in [0.4, 0.5) is 0 Å². The molecule has 0 aliphatic rings. The highest BCUT2D eigenvalue weighted by Crippen LogP contribution is 2.24. The molecule has 1 heterocycles. The van der Waals surface area contributed by atoms with Gasteiger partial charge in [-0.2, -0.15) is 0 Å². The molecule has 0 unspecified atom stereocenters. The number of nitrogens with zero attached hydrogens (tertiary/aromatic N) is 1. The number of aromatic nitrogens is 1. The van der Waals surface area contributed by atoms with Gasteiger partial charge in [0.2, 0.25) is 0 Å². The van der Waals surface area contributed by atoms with Crippen molar-refractivity contribution in [3.8, 4) is 11.6 Å². The Hall–Kier alpha value is -1.29. The lowest BCUT2D eigenvalue weighted by atomic mass is 10.2. The summed E-state index contributed by atoms with van der Waals surface area (Å²) in [7, 11) is 3.15. The van der Waals surface area contributed by atoms with Crippen LogP contribution in [0.15, 0.2) is 12.3 Å². The second kappa shape index (κ2) is 4.67. The van der Waals surface area contributed by atoms with E-state index in [4.69, 9.17) is 15.2 Å². The molecule has 1 aromatic rings. The Morgan fingerprint density at radius 1 is 1.38 bits per heavy atom. The summed E-state index contributed by atoms with van der Waals surface area (Å²) in [5.41, 5.74) is 6.48. The van der Waals surface area contributed by atoms with E-state index in [1.165, 1.54) is 0 Å². The fourth-order valence-electron chi connectivity index (χ4n) is 1.08. The van der Waals surface area contributed by atoms with Gasteiger partial charge in [0.05, 0.1) is 14.2 Å². The number of nitrogens with two attached hydrogens (primary N) is 1. The van der Waals surface area contributed by atoms with Crippen LogP contribution in [0.1, 0.15) is 5.56 Å². The van der Waals surface area contributed by atoms with Crippen molar-refractivity contribution in [2.45, 2.75) is 6.42 Å². The molecule has 0 aromatic carbocycles. The Bertz CT molecular complexity index is 276. The largest absolute Gasteiger partial charge is 0.491 e. The standard InChI is InChI=1S/C9H14N2O2/c1-12-8-5-7(3-4-10)6-11-9(8)13-2/h5-6H,3-4,10H2,1-2H3. The van der Waals surface area contributed by atoms with Gasteiger partial charge in [0.1, 0.15) is 0 Å². The van der Waals surface area contributed by atoms with Crippen molar-refractivity contribution in [2.75, 3.05) is 20.8 Å². The van der Waals surface area contributed by atoms with Gasteiger partial charge in [-0.25, -0.2) is 4.98 Å². The Labute approximate surface area is 77.7 Å². The van der Waals surface area contributed by atoms with Gasteiger partial charge in [0.25, 0.3) is 5.88 Å². The maximum absolute atomic E-state index is 5.42. The first-order chi connectivity index (χ1) is 6.31. The molecule has 0 aliphatic heterocycles. The van der Waals surface area contributed by atoms with Gasteiger partial charge in [0.15, 0.2) is 5.75 Å². The molecular weight excluding hydrogens is 168 g/mol. The third-order valence-corrected chi connectivity index (χ3v) is 1.72. The van der Waals surface area contributed by atoms with E-state index < -0.39 is 0 Å². The second-order valence-corrected chi connectivity index (χ2v) is 2.59. The van der Waals surface area contributed by atoms with Crippen molar-refractivity contribution in [1.29, 1.82) is 0 Å². The molecule has 0 fully saturated rings. The van der Waals surface area contributed by atoms with Crippen molar-refractivity contribution in [2.24, 2.45) is 5.73 Å². The molecule has 0 spiro atoms. The summed E-state index contributed by atoms with van der Waals surface area (Å²) in [5, 5.41) is 0.